The van der Waals surface area contributed by atoms with Crippen molar-refractivity contribution in [2.24, 2.45) is 7.05 Å². The Balaban J connectivity index is 1.51. The number of hydrogen-bond donors (Lipinski definition) is 5. The molecule has 6 N–H and O–H groups in total. The van der Waals surface area contributed by atoms with Crippen LogP contribution in [0.3, 0.4) is 0 Å². The number of phosphoric ester groups is 1. The standard InChI is InChI=1S/C14H18FN7O9P2/c1-20-6-22(11-9(20)12(24)19-14(16)18-11)13-8(15)10(23)7(30-13)4-29-33(27,28)31-32(25,26)21-3-2-17-5-21/h2-3,5-8,10,13,23H,4H2,1H3,(H4-,16,18,19,24,25,26,27,28)/p+1/t7-,8+,10?,13-/m1/s1. The topological polar surface area (TPSA) is 221 Å². The first-order chi connectivity index (χ1) is 15.4. The molecular formula is C14H19FN7O9P2+. The van der Waals surface area contributed by atoms with Crippen molar-refractivity contribution in [1.82, 2.24) is 23.9 Å². The number of phosphoric acid groups is 1. The lowest BCUT2D eigenvalue weighted by Gasteiger charge is -2.19. The van der Waals surface area contributed by atoms with Crippen LogP contribution in [0.4, 0.5) is 10.3 Å². The summed E-state index contributed by atoms with van der Waals surface area (Å²) < 4.78 is 56.5. The monoisotopic (exact) mass is 510 g/mol. The first kappa shape index (κ1) is 23.7. The van der Waals surface area contributed by atoms with E-state index in [0.717, 1.165) is 23.3 Å². The minimum atomic E-state index is -5.15. The molecule has 1 saturated heterocycles. The van der Waals surface area contributed by atoms with E-state index in [2.05, 4.69) is 23.8 Å². The molecule has 1 fully saturated rings. The number of nitrogens with zero attached hydrogens (tertiary/aromatic N) is 5. The van der Waals surface area contributed by atoms with Gasteiger partial charge in [0, 0.05) is 12.4 Å². The van der Waals surface area contributed by atoms with Crippen LogP contribution in [0.1, 0.15) is 6.23 Å². The Morgan fingerprint density at radius 3 is 2.82 bits per heavy atom. The molecular weight excluding hydrogens is 491 g/mol. The predicted octanol–water partition coefficient (Wildman–Crippen LogP) is -1.29. The summed E-state index contributed by atoms with van der Waals surface area (Å²) in [5.74, 6) is -0.231. The minimum absolute atomic E-state index is 0.0297. The van der Waals surface area contributed by atoms with Gasteiger partial charge in [0.2, 0.25) is 11.7 Å². The first-order valence-corrected chi connectivity index (χ1v) is 12.2. The van der Waals surface area contributed by atoms with Gasteiger partial charge in [-0.05, 0) is 0 Å². The van der Waals surface area contributed by atoms with Crippen molar-refractivity contribution in [2.45, 2.75) is 24.6 Å². The lowest BCUT2D eigenvalue weighted by atomic mass is 10.1. The number of imidazole rings is 2. The van der Waals surface area contributed by atoms with E-state index in [1.165, 1.54) is 17.9 Å². The fourth-order valence-corrected chi connectivity index (χ4v) is 5.64. The molecule has 6 atom stereocenters. The number of anilines is 1. The van der Waals surface area contributed by atoms with E-state index in [9.17, 15) is 33.2 Å². The van der Waals surface area contributed by atoms with Crippen molar-refractivity contribution >= 4 is 32.7 Å². The molecule has 180 valence electrons. The van der Waals surface area contributed by atoms with Crippen molar-refractivity contribution in [3.05, 3.63) is 35.4 Å². The van der Waals surface area contributed by atoms with Gasteiger partial charge < -0.3 is 25.4 Å². The van der Waals surface area contributed by atoms with Crippen LogP contribution < -0.4 is 15.9 Å². The molecule has 0 radical (unpaired) electrons. The van der Waals surface area contributed by atoms with Gasteiger partial charge in [-0.25, -0.2) is 27.4 Å². The Hall–Kier alpha value is -2.49. The van der Waals surface area contributed by atoms with Gasteiger partial charge >= 0.3 is 21.2 Å². The molecule has 1 aliphatic heterocycles. The summed E-state index contributed by atoms with van der Waals surface area (Å²) in [6, 6.07) is 0. The van der Waals surface area contributed by atoms with Crippen LogP contribution in [0.2, 0.25) is 0 Å². The number of aryl methyl sites for hydroxylation is 1. The summed E-state index contributed by atoms with van der Waals surface area (Å²) in [6.45, 7) is -0.878. The van der Waals surface area contributed by atoms with Crippen molar-refractivity contribution in [3.63, 3.8) is 0 Å². The number of fused-ring (bicyclic) bond motifs is 1. The number of hydrogen-bond acceptors (Lipinski definition) is 10. The van der Waals surface area contributed by atoms with Crippen molar-refractivity contribution in [1.29, 1.82) is 0 Å². The van der Waals surface area contributed by atoms with Crippen LogP contribution in [0.5, 0.6) is 0 Å². The zero-order valence-corrected chi connectivity index (χ0v) is 18.5. The maximum absolute atomic E-state index is 14.9. The minimum Gasteiger partial charge on any atom is -0.387 e. The van der Waals surface area contributed by atoms with E-state index in [-0.39, 0.29) is 17.1 Å². The molecule has 16 nitrogen and oxygen atoms in total. The Morgan fingerprint density at radius 1 is 1.42 bits per heavy atom. The lowest BCUT2D eigenvalue weighted by Crippen LogP contribution is -2.44. The molecule has 0 bridgehead atoms. The van der Waals surface area contributed by atoms with Crippen LogP contribution in [0, 0.1) is 0 Å². The van der Waals surface area contributed by atoms with E-state index in [4.69, 9.17) is 10.5 Å². The number of nitrogens with one attached hydrogen (secondary N) is 1. The normalized spacial score (nSPS) is 26.9. The Bertz CT molecular complexity index is 1330. The Labute approximate surface area is 183 Å². The summed E-state index contributed by atoms with van der Waals surface area (Å²) in [5, 5.41) is 10.2. The van der Waals surface area contributed by atoms with Crippen molar-refractivity contribution in [2.75, 3.05) is 12.3 Å². The highest BCUT2D eigenvalue weighted by atomic mass is 31.3. The molecule has 0 amide bonds. The zero-order chi connectivity index (χ0) is 24.1. The first-order valence-electron chi connectivity index (χ1n) is 9.13. The summed E-state index contributed by atoms with van der Waals surface area (Å²) in [5.41, 5.74) is 5.00. The molecule has 0 aliphatic carbocycles. The van der Waals surface area contributed by atoms with E-state index in [1.54, 1.807) is 0 Å². The van der Waals surface area contributed by atoms with Gasteiger partial charge in [0.15, 0.2) is 12.5 Å². The molecule has 3 unspecified atom stereocenters. The van der Waals surface area contributed by atoms with E-state index in [1.807, 2.05) is 0 Å². The van der Waals surface area contributed by atoms with Crippen LogP contribution in [0.25, 0.3) is 11.2 Å². The van der Waals surface area contributed by atoms with E-state index in [0.29, 0.717) is 4.34 Å². The number of halogens is 1. The second-order valence-electron chi connectivity index (χ2n) is 7.04. The molecule has 0 spiro atoms. The average molecular weight is 510 g/mol. The second-order valence-corrected chi connectivity index (χ2v) is 10.3. The highest BCUT2D eigenvalue weighted by molar-refractivity contribution is 7.63. The molecule has 3 aromatic heterocycles. The fourth-order valence-electron chi connectivity index (χ4n) is 3.29. The second kappa shape index (κ2) is 8.38. The molecule has 3 aromatic rings. The number of aromatic amines is 1. The number of aliphatic hydroxyl groups excluding tert-OH is 1. The summed E-state index contributed by atoms with van der Waals surface area (Å²) in [4.78, 5) is 41.5. The number of nitrogen functional groups attached to an aromatic ring is 1. The largest absolute Gasteiger partial charge is 0.480 e. The van der Waals surface area contributed by atoms with E-state index >= 15 is 0 Å². The zero-order valence-electron chi connectivity index (χ0n) is 16.7. The average Bonchev–Trinajstić information content (AvgIpc) is 3.41. The summed E-state index contributed by atoms with van der Waals surface area (Å²) >= 11 is 0. The number of nitrogens with two attached hydrogens (primary N) is 1. The summed E-state index contributed by atoms with van der Waals surface area (Å²) in [6.07, 6.45) is -2.53. The van der Waals surface area contributed by atoms with Crippen LogP contribution >= 0.6 is 15.6 Å². The van der Waals surface area contributed by atoms with Crippen LogP contribution in [-0.4, -0.2) is 63.7 Å². The number of alkyl halides is 1. The molecule has 19 heteroatoms. The molecule has 1 aliphatic rings. The molecule has 4 heterocycles. The Morgan fingerprint density at radius 2 is 2.15 bits per heavy atom. The third-order valence-electron chi connectivity index (χ3n) is 4.75. The molecule has 0 aromatic carbocycles. The van der Waals surface area contributed by atoms with Crippen LogP contribution in [-0.2, 0) is 29.7 Å². The van der Waals surface area contributed by atoms with Gasteiger partial charge in [0.25, 0.3) is 11.5 Å². The fraction of sp³-hybridized carbons (Fsp3) is 0.429. The molecule has 33 heavy (non-hydrogen) atoms. The SMILES string of the molecule is Cn1c[n+]([C@@H]2O[C@H](COP(=O)(O)OP(=O)(O)n3ccnc3)C(O)[C@@H]2F)c2nc(N)[nH]c(=O)c21. The maximum atomic E-state index is 14.9. The van der Waals surface area contributed by atoms with Gasteiger partial charge in [-0.1, -0.05) is 4.98 Å². The molecule has 0 saturated carbocycles. The van der Waals surface area contributed by atoms with E-state index < -0.39 is 52.3 Å². The number of rotatable bonds is 7. The summed E-state index contributed by atoms with van der Waals surface area (Å²) in [7, 11) is -8.48. The van der Waals surface area contributed by atoms with Gasteiger partial charge in [-0.15, -0.1) is 0 Å². The highest BCUT2D eigenvalue weighted by Crippen LogP contribution is 2.60. The molecule has 4 rings (SSSR count). The highest BCUT2D eigenvalue weighted by Gasteiger charge is 2.49. The quantitative estimate of drug-likeness (QED) is 0.185. The van der Waals surface area contributed by atoms with Crippen LogP contribution in [0.15, 0.2) is 29.8 Å². The third-order valence-corrected chi connectivity index (χ3v) is 7.72. The number of ether oxygens (including phenoxy) is 1. The van der Waals surface area contributed by atoms with Gasteiger partial charge in [-0.2, -0.15) is 4.31 Å². The number of H-pyrrole nitrogens is 1. The van der Waals surface area contributed by atoms with Gasteiger partial charge in [-0.3, -0.25) is 18.9 Å². The van der Waals surface area contributed by atoms with Crippen molar-refractivity contribution < 1.29 is 46.6 Å². The lowest BCUT2D eigenvalue weighted by molar-refractivity contribution is -0.744. The predicted molar refractivity (Wildman–Crippen MR) is 105 cm³/mol. The smallest absolute Gasteiger partial charge is 0.387 e. The maximum Gasteiger partial charge on any atom is 0.480 e. The van der Waals surface area contributed by atoms with Gasteiger partial charge in [0.05, 0.1) is 13.7 Å². The Kier molecular flexibility index (Phi) is 6.01. The number of aromatic nitrogens is 6. The number of aliphatic hydroxyl groups is 1. The van der Waals surface area contributed by atoms with Crippen molar-refractivity contribution in [3.8, 4) is 0 Å². The van der Waals surface area contributed by atoms with Gasteiger partial charge in [0.1, 0.15) is 18.5 Å². The third kappa shape index (κ3) is 4.49.